The van der Waals surface area contributed by atoms with Crippen molar-refractivity contribution in [3.63, 3.8) is 0 Å². The van der Waals surface area contributed by atoms with Crippen LogP contribution in [0.2, 0.25) is 5.02 Å². The molecule has 9 nitrogen and oxygen atoms in total. The normalized spacial score (nSPS) is 13.9. The van der Waals surface area contributed by atoms with Crippen molar-refractivity contribution >= 4 is 57.1 Å². The Kier molecular flexibility index (Phi) is 10.6. The standard InChI is InChI=1S/C35H30BrClN2O7/c1-3-43-30-18-23(10-15-29(30)45-20-22-8-6-5-7-9-22)21-46-32-28(36)17-24(19-31(32)44-4-2)16-27-33(40)38-35(42)39(34(27)41)26-13-11-25(37)12-14-26/h5-19H,3-4,20-21H2,1-2H3,(H,38,40,42)/b27-16-. The molecule has 1 fully saturated rings. The molecule has 0 spiro atoms. The van der Waals surface area contributed by atoms with Crippen molar-refractivity contribution in [2.24, 2.45) is 0 Å². The van der Waals surface area contributed by atoms with Crippen molar-refractivity contribution in [3.8, 4) is 23.0 Å². The molecule has 4 aromatic carbocycles. The van der Waals surface area contributed by atoms with E-state index in [1.54, 1.807) is 24.3 Å². The van der Waals surface area contributed by atoms with Gasteiger partial charge >= 0.3 is 6.03 Å². The van der Waals surface area contributed by atoms with Crippen LogP contribution in [0.5, 0.6) is 23.0 Å². The Morgan fingerprint density at radius 1 is 0.761 bits per heavy atom. The van der Waals surface area contributed by atoms with Gasteiger partial charge in [0.25, 0.3) is 11.8 Å². The molecule has 0 saturated carbocycles. The van der Waals surface area contributed by atoms with Crippen molar-refractivity contribution in [1.82, 2.24) is 5.32 Å². The Labute approximate surface area is 279 Å². The van der Waals surface area contributed by atoms with E-state index in [4.69, 9.17) is 30.5 Å². The lowest BCUT2D eigenvalue weighted by molar-refractivity contribution is -0.122. The molecular weight excluding hydrogens is 676 g/mol. The van der Waals surface area contributed by atoms with Crippen molar-refractivity contribution in [2.75, 3.05) is 18.1 Å². The van der Waals surface area contributed by atoms with Crippen LogP contribution in [-0.4, -0.2) is 31.1 Å². The van der Waals surface area contributed by atoms with Gasteiger partial charge < -0.3 is 18.9 Å². The van der Waals surface area contributed by atoms with Crippen LogP contribution in [0, 0.1) is 0 Å². The number of ether oxygens (including phenoxy) is 4. The molecule has 0 bridgehead atoms. The highest BCUT2D eigenvalue weighted by Gasteiger charge is 2.37. The number of carbonyl (C=O) groups is 3. The lowest BCUT2D eigenvalue weighted by Gasteiger charge is -2.26. The molecule has 0 radical (unpaired) electrons. The molecule has 1 aliphatic rings. The van der Waals surface area contributed by atoms with Crippen molar-refractivity contribution in [1.29, 1.82) is 0 Å². The highest BCUT2D eigenvalue weighted by molar-refractivity contribution is 9.10. The van der Waals surface area contributed by atoms with Gasteiger partial charge in [0.1, 0.15) is 18.8 Å². The van der Waals surface area contributed by atoms with Crippen LogP contribution in [0.25, 0.3) is 6.08 Å². The van der Waals surface area contributed by atoms with E-state index in [1.807, 2.05) is 62.4 Å². The first-order valence-electron chi connectivity index (χ1n) is 14.5. The predicted octanol–water partition coefficient (Wildman–Crippen LogP) is 7.72. The average molecular weight is 706 g/mol. The second-order valence-corrected chi connectivity index (χ2v) is 11.3. The summed E-state index contributed by atoms with van der Waals surface area (Å²) in [6.07, 6.45) is 1.40. The van der Waals surface area contributed by atoms with Gasteiger partial charge in [-0.2, -0.15) is 0 Å². The van der Waals surface area contributed by atoms with E-state index in [1.165, 1.54) is 18.2 Å². The third kappa shape index (κ3) is 7.70. The summed E-state index contributed by atoms with van der Waals surface area (Å²) in [4.78, 5) is 39.5. The highest BCUT2D eigenvalue weighted by atomic mass is 79.9. The number of anilines is 1. The zero-order chi connectivity index (χ0) is 32.6. The number of amides is 4. The van der Waals surface area contributed by atoms with E-state index in [0.29, 0.717) is 57.9 Å². The fourth-order valence-electron chi connectivity index (χ4n) is 4.64. The molecule has 5 rings (SSSR count). The minimum absolute atomic E-state index is 0.192. The van der Waals surface area contributed by atoms with Gasteiger partial charge in [-0.25, -0.2) is 9.69 Å². The van der Waals surface area contributed by atoms with Gasteiger partial charge in [0.2, 0.25) is 0 Å². The van der Waals surface area contributed by atoms with Crippen LogP contribution >= 0.6 is 27.5 Å². The number of rotatable bonds is 12. The van der Waals surface area contributed by atoms with Crippen molar-refractivity contribution in [2.45, 2.75) is 27.1 Å². The molecule has 46 heavy (non-hydrogen) atoms. The van der Waals surface area contributed by atoms with E-state index < -0.39 is 17.8 Å². The Morgan fingerprint density at radius 3 is 2.17 bits per heavy atom. The molecule has 4 amide bonds. The summed E-state index contributed by atoms with van der Waals surface area (Å²) in [5.41, 5.74) is 2.41. The Balaban J connectivity index is 1.36. The first kappa shape index (κ1) is 32.6. The highest BCUT2D eigenvalue weighted by Crippen LogP contribution is 2.39. The Morgan fingerprint density at radius 2 is 1.46 bits per heavy atom. The lowest BCUT2D eigenvalue weighted by atomic mass is 10.1. The average Bonchev–Trinajstić information content (AvgIpc) is 3.04. The van der Waals surface area contributed by atoms with Gasteiger partial charge in [-0.3, -0.25) is 14.9 Å². The number of hydrogen-bond donors (Lipinski definition) is 1. The van der Waals surface area contributed by atoms with Gasteiger partial charge in [-0.15, -0.1) is 0 Å². The number of benzene rings is 4. The van der Waals surface area contributed by atoms with Crippen LogP contribution in [0.1, 0.15) is 30.5 Å². The number of halogens is 2. The topological polar surface area (TPSA) is 103 Å². The lowest BCUT2D eigenvalue weighted by Crippen LogP contribution is -2.54. The number of nitrogens with one attached hydrogen (secondary N) is 1. The zero-order valence-corrected chi connectivity index (χ0v) is 27.4. The maximum absolute atomic E-state index is 13.3. The molecule has 4 aromatic rings. The van der Waals surface area contributed by atoms with Crippen LogP contribution in [0.15, 0.2) is 95.0 Å². The summed E-state index contributed by atoms with van der Waals surface area (Å²) in [6, 6.07) is 24.1. The molecular formula is C35H30BrClN2O7. The van der Waals surface area contributed by atoms with E-state index in [2.05, 4.69) is 21.2 Å². The fourth-order valence-corrected chi connectivity index (χ4v) is 5.34. The molecule has 0 aliphatic carbocycles. The maximum Gasteiger partial charge on any atom is 0.335 e. The third-order valence-corrected chi connectivity index (χ3v) is 7.60. The minimum Gasteiger partial charge on any atom is -0.490 e. The van der Waals surface area contributed by atoms with E-state index in [-0.39, 0.29) is 17.9 Å². The molecule has 1 saturated heterocycles. The summed E-state index contributed by atoms with van der Waals surface area (Å²) >= 11 is 9.51. The summed E-state index contributed by atoms with van der Waals surface area (Å²) < 4.78 is 24.5. The summed E-state index contributed by atoms with van der Waals surface area (Å²) in [7, 11) is 0. The molecule has 0 unspecified atom stereocenters. The van der Waals surface area contributed by atoms with Crippen LogP contribution in [0.3, 0.4) is 0 Å². The number of hydrogen-bond acceptors (Lipinski definition) is 7. The number of barbiturate groups is 1. The largest absolute Gasteiger partial charge is 0.490 e. The SMILES string of the molecule is CCOc1cc(COc2c(Br)cc(/C=C3/C(=O)NC(=O)N(c4ccc(Cl)cc4)C3=O)cc2OCC)ccc1OCc1ccccc1. The summed E-state index contributed by atoms with van der Waals surface area (Å²) in [6.45, 7) is 5.14. The fraction of sp³-hybridized carbons (Fsp3) is 0.171. The smallest absolute Gasteiger partial charge is 0.335 e. The predicted molar refractivity (Wildman–Crippen MR) is 178 cm³/mol. The van der Waals surface area contributed by atoms with Gasteiger partial charge in [0.15, 0.2) is 23.0 Å². The van der Waals surface area contributed by atoms with E-state index in [9.17, 15) is 14.4 Å². The first-order valence-corrected chi connectivity index (χ1v) is 15.6. The molecule has 1 heterocycles. The maximum atomic E-state index is 13.3. The van der Waals surface area contributed by atoms with Crippen LogP contribution < -0.4 is 29.2 Å². The quantitative estimate of drug-likeness (QED) is 0.119. The number of imide groups is 2. The van der Waals surface area contributed by atoms with Crippen LogP contribution in [0.4, 0.5) is 10.5 Å². The molecule has 236 valence electrons. The van der Waals surface area contributed by atoms with Crippen LogP contribution in [-0.2, 0) is 22.8 Å². The molecule has 11 heteroatoms. The number of carbonyl (C=O) groups excluding carboxylic acids is 3. The minimum atomic E-state index is -0.849. The van der Waals surface area contributed by atoms with Gasteiger partial charge in [0, 0.05) is 5.02 Å². The Bertz CT molecular complexity index is 1780. The first-order chi connectivity index (χ1) is 22.3. The van der Waals surface area contributed by atoms with Crippen molar-refractivity contribution < 1.29 is 33.3 Å². The third-order valence-electron chi connectivity index (χ3n) is 6.76. The second kappa shape index (κ2) is 15.0. The summed E-state index contributed by atoms with van der Waals surface area (Å²) in [5, 5.41) is 2.66. The monoisotopic (exact) mass is 704 g/mol. The van der Waals surface area contributed by atoms with E-state index in [0.717, 1.165) is 16.0 Å². The second-order valence-electron chi connectivity index (χ2n) is 9.97. The van der Waals surface area contributed by atoms with Gasteiger partial charge in [-0.1, -0.05) is 48.0 Å². The Hall–Kier alpha value is -4.80. The summed E-state index contributed by atoms with van der Waals surface area (Å²) in [5.74, 6) is 0.477. The molecule has 0 aromatic heterocycles. The molecule has 1 N–H and O–H groups in total. The number of nitrogens with zero attached hydrogens (tertiary/aromatic N) is 1. The zero-order valence-electron chi connectivity index (χ0n) is 25.0. The van der Waals surface area contributed by atoms with E-state index >= 15 is 0 Å². The van der Waals surface area contributed by atoms with Crippen molar-refractivity contribution in [3.05, 3.63) is 117 Å². The van der Waals surface area contributed by atoms with Gasteiger partial charge in [0.05, 0.1) is 23.4 Å². The molecule has 1 aliphatic heterocycles. The molecule has 0 atom stereocenters. The van der Waals surface area contributed by atoms with Gasteiger partial charge in [-0.05, 0) is 101 Å². The number of urea groups is 1.